The van der Waals surface area contributed by atoms with E-state index >= 15 is 0 Å². The molecule has 1 unspecified atom stereocenters. The molecule has 0 aromatic heterocycles. The van der Waals surface area contributed by atoms with Crippen LogP contribution in [-0.4, -0.2) is 20.1 Å². The average molecular weight is 297 g/mol. The maximum Gasteiger partial charge on any atom is 0.356 e. The number of hydrogen-bond donors (Lipinski definition) is 1. The number of benzene rings is 1. The van der Waals surface area contributed by atoms with E-state index in [4.69, 9.17) is 9.05 Å². The zero-order valence-electron chi connectivity index (χ0n) is 12.1. The van der Waals surface area contributed by atoms with Gasteiger partial charge in [-0.15, -0.1) is 0 Å². The third-order valence-electron chi connectivity index (χ3n) is 2.84. The van der Waals surface area contributed by atoms with Crippen molar-refractivity contribution < 1.29 is 18.4 Å². The molecule has 0 fully saturated rings. The van der Waals surface area contributed by atoms with E-state index in [0.29, 0.717) is 5.31 Å². The summed E-state index contributed by atoms with van der Waals surface area (Å²) in [5, 5.41) is 3.25. The molecular formula is C14H20NO4P. The first-order valence-corrected chi connectivity index (χ1v) is 7.69. The van der Waals surface area contributed by atoms with E-state index < -0.39 is 7.60 Å². The number of nitrogens with one attached hydrogen (secondary N) is 1. The molecule has 1 aromatic carbocycles. The Morgan fingerprint density at radius 2 is 1.75 bits per heavy atom. The molecule has 0 radical (unpaired) electrons. The summed E-state index contributed by atoms with van der Waals surface area (Å²) in [4.78, 5) is 11.3. The van der Waals surface area contributed by atoms with Gasteiger partial charge < -0.3 is 14.4 Å². The first-order valence-electron chi connectivity index (χ1n) is 6.15. The van der Waals surface area contributed by atoms with Gasteiger partial charge in [0.25, 0.3) is 0 Å². The minimum absolute atomic E-state index is 0.174. The highest BCUT2D eigenvalue weighted by Crippen LogP contribution is 2.54. The van der Waals surface area contributed by atoms with Crippen LogP contribution in [0.4, 0.5) is 0 Å². The van der Waals surface area contributed by atoms with E-state index in [9.17, 15) is 9.36 Å². The molecule has 1 amide bonds. The standard InChI is InChI=1S/C14H20NO4P/c1-11(20(17,18-3)19-4)10-14(15-12(2)16)13-8-6-5-7-9-13/h5-10,14H,1-4H3,(H,15,16)/b11-10+. The van der Waals surface area contributed by atoms with Crippen LogP contribution in [0.25, 0.3) is 0 Å². The first kappa shape index (κ1) is 16.6. The topological polar surface area (TPSA) is 64.6 Å². The van der Waals surface area contributed by atoms with E-state index in [0.717, 1.165) is 5.56 Å². The van der Waals surface area contributed by atoms with Crippen molar-refractivity contribution >= 4 is 13.5 Å². The SMILES string of the molecule is COP(=O)(OC)/C(C)=C/C(NC(C)=O)c1ccccc1. The zero-order valence-corrected chi connectivity index (χ0v) is 13.0. The monoisotopic (exact) mass is 297 g/mol. The Balaban J connectivity index is 3.13. The predicted molar refractivity (Wildman–Crippen MR) is 78.4 cm³/mol. The molecule has 1 N–H and O–H groups in total. The number of carbonyl (C=O) groups excluding carboxylic acids is 1. The lowest BCUT2D eigenvalue weighted by Gasteiger charge is -2.19. The second-order valence-electron chi connectivity index (χ2n) is 4.26. The lowest BCUT2D eigenvalue weighted by atomic mass is 10.1. The second-order valence-corrected chi connectivity index (χ2v) is 6.69. The average Bonchev–Trinajstić information content (AvgIpc) is 2.46. The largest absolute Gasteiger partial charge is 0.356 e. The number of carbonyl (C=O) groups is 1. The van der Waals surface area contributed by atoms with Crippen molar-refractivity contribution in [1.29, 1.82) is 0 Å². The van der Waals surface area contributed by atoms with Crippen molar-refractivity contribution in [2.75, 3.05) is 14.2 Å². The van der Waals surface area contributed by atoms with Crippen LogP contribution in [0.5, 0.6) is 0 Å². The van der Waals surface area contributed by atoms with Gasteiger partial charge in [-0.1, -0.05) is 30.3 Å². The molecule has 1 atom stereocenters. The van der Waals surface area contributed by atoms with Gasteiger partial charge >= 0.3 is 7.60 Å². The molecular weight excluding hydrogens is 277 g/mol. The molecule has 0 aliphatic rings. The van der Waals surface area contributed by atoms with E-state index in [1.165, 1.54) is 21.1 Å². The van der Waals surface area contributed by atoms with Crippen LogP contribution in [0.2, 0.25) is 0 Å². The molecule has 20 heavy (non-hydrogen) atoms. The van der Waals surface area contributed by atoms with Crippen molar-refractivity contribution in [1.82, 2.24) is 5.32 Å². The Morgan fingerprint density at radius 1 is 1.20 bits per heavy atom. The molecule has 5 nitrogen and oxygen atoms in total. The van der Waals surface area contributed by atoms with Crippen LogP contribution in [0.1, 0.15) is 25.5 Å². The van der Waals surface area contributed by atoms with Crippen molar-refractivity contribution in [3.63, 3.8) is 0 Å². The van der Waals surface area contributed by atoms with E-state index in [1.54, 1.807) is 13.0 Å². The molecule has 1 rings (SSSR count). The summed E-state index contributed by atoms with van der Waals surface area (Å²) in [5.74, 6) is -0.174. The molecule has 110 valence electrons. The number of hydrogen-bond acceptors (Lipinski definition) is 4. The Hall–Kier alpha value is -1.42. The van der Waals surface area contributed by atoms with Gasteiger partial charge in [0.2, 0.25) is 5.91 Å². The Bertz CT molecular complexity index is 519. The molecule has 0 aliphatic carbocycles. The van der Waals surface area contributed by atoms with Crippen LogP contribution >= 0.6 is 7.60 Å². The van der Waals surface area contributed by atoms with E-state index in [2.05, 4.69) is 5.32 Å². The third-order valence-corrected chi connectivity index (χ3v) is 4.81. The molecule has 0 saturated carbocycles. The lowest BCUT2D eigenvalue weighted by Crippen LogP contribution is -2.24. The summed E-state index contributed by atoms with van der Waals surface area (Å²) in [6, 6.07) is 9.02. The van der Waals surface area contributed by atoms with Gasteiger partial charge in [0, 0.05) is 26.5 Å². The highest BCUT2D eigenvalue weighted by molar-refractivity contribution is 7.58. The predicted octanol–water partition coefficient (Wildman–Crippen LogP) is 3.25. The van der Waals surface area contributed by atoms with Crippen molar-refractivity contribution in [2.24, 2.45) is 0 Å². The third kappa shape index (κ3) is 4.30. The molecule has 0 spiro atoms. The van der Waals surface area contributed by atoms with Crippen LogP contribution in [-0.2, 0) is 18.4 Å². The molecule has 0 aliphatic heterocycles. The minimum atomic E-state index is -3.28. The normalized spacial score (nSPS) is 13.9. The van der Waals surface area contributed by atoms with Crippen molar-refractivity contribution in [2.45, 2.75) is 19.9 Å². The van der Waals surface area contributed by atoms with Crippen LogP contribution < -0.4 is 5.32 Å². The first-order chi connectivity index (χ1) is 9.42. The van der Waals surface area contributed by atoms with Crippen molar-refractivity contribution in [3.8, 4) is 0 Å². The smallest absolute Gasteiger partial charge is 0.346 e. The molecule has 0 bridgehead atoms. The van der Waals surface area contributed by atoms with Gasteiger partial charge in [-0.25, -0.2) is 0 Å². The quantitative estimate of drug-likeness (QED) is 0.819. The molecule has 0 saturated heterocycles. The Labute approximate surface area is 119 Å². The maximum absolute atomic E-state index is 12.3. The molecule has 0 heterocycles. The van der Waals surface area contributed by atoms with Gasteiger partial charge in [0.05, 0.1) is 6.04 Å². The van der Waals surface area contributed by atoms with Gasteiger partial charge in [0.15, 0.2) is 0 Å². The lowest BCUT2D eigenvalue weighted by molar-refractivity contribution is -0.119. The summed E-state index contributed by atoms with van der Waals surface area (Å²) in [6.45, 7) is 3.09. The summed E-state index contributed by atoms with van der Waals surface area (Å²) in [7, 11) is -0.618. The number of allylic oxidation sites excluding steroid dienone is 1. The maximum atomic E-state index is 12.3. The van der Waals surface area contributed by atoms with Crippen LogP contribution in [0, 0.1) is 0 Å². The fraction of sp³-hybridized carbons (Fsp3) is 0.357. The van der Waals surface area contributed by atoms with Gasteiger partial charge in [-0.2, -0.15) is 0 Å². The highest BCUT2D eigenvalue weighted by Gasteiger charge is 2.25. The van der Waals surface area contributed by atoms with Crippen LogP contribution in [0.15, 0.2) is 41.7 Å². The molecule has 1 aromatic rings. The van der Waals surface area contributed by atoms with Crippen molar-refractivity contribution in [3.05, 3.63) is 47.3 Å². The summed E-state index contributed by atoms with van der Waals surface area (Å²) in [6.07, 6.45) is 1.69. The van der Waals surface area contributed by atoms with Gasteiger partial charge in [-0.05, 0) is 18.6 Å². The van der Waals surface area contributed by atoms with Crippen LogP contribution in [0.3, 0.4) is 0 Å². The fourth-order valence-electron chi connectivity index (χ4n) is 1.80. The summed E-state index contributed by atoms with van der Waals surface area (Å²) >= 11 is 0. The highest BCUT2D eigenvalue weighted by atomic mass is 31.2. The van der Waals surface area contributed by atoms with E-state index in [-0.39, 0.29) is 11.9 Å². The Morgan fingerprint density at radius 3 is 2.20 bits per heavy atom. The fourth-order valence-corrected chi connectivity index (χ4v) is 2.85. The second kappa shape index (κ2) is 7.39. The number of amides is 1. The Kier molecular flexibility index (Phi) is 6.14. The zero-order chi connectivity index (χ0) is 15.2. The molecule has 6 heteroatoms. The summed E-state index contributed by atoms with van der Waals surface area (Å²) < 4.78 is 22.2. The van der Waals surface area contributed by atoms with Gasteiger partial charge in [-0.3, -0.25) is 9.36 Å². The summed E-state index contributed by atoms with van der Waals surface area (Å²) in [5.41, 5.74) is 0.890. The van der Waals surface area contributed by atoms with E-state index in [1.807, 2.05) is 30.3 Å². The number of rotatable bonds is 6. The minimum Gasteiger partial charge on any atom is -0.346 e. The van der Waals surface area contributed by atoms with Gasteiger partial charge in [0.1, 0.15) is 0 Å².